The summed E-state index contributed by atoms with van der Waals surface area (Å²) in [4.78, 5) is 16.9. The molecule has 1 aromatic heterocycles. The van der Waals surface area contributed by atoms with Crippen LogP contribution in [0.15, 0.2) is 102 Å². The summed E-state index contributed by atoms with van der Waals surface area (Å²) in [5.41, 5.74) is 3.99. The molecule has 0 aliphatic carbocycles. The van der Waals surface area contributed by atoms with E-state index in [4.69, 9.17) is 14.2 Å². The lowest BCUT2D eigenvalue weighted by molar-refractivity contribution is -0.184. The maximum absolute atomic E-state index is 11.6. The van der Waals surface area contributed by atoms with Gasteiger partial charge in [-0.15, -0.1) is 11.8 Å². The van der Waals surface area contributed by atoms with Crippen molar-refractivity contribution in [1.82, 2.24) is 9.55 Å². The summed E-state index contributed by atoms with van der Waals surface area (Å²) in [5.74, 6) is -0.160. The Hall–Kier alpha value is -3.59. The van der Waals surface area contributed by atoms with E-state index in [0.29, 0.717) is 25.4 Å². The number of ether oxygens (including phenoxy) is 3. The highest BCUT2D eigenvalue weighted by Crippen LogP contribution is 2.38. The van der Waals surface area contributed by atoms with E-state index in [9.17, 15) is 4.79 Å². The molecule has 2 heterocycles. The van der Waals surface area contributed by atoms with E-state index in [2.05, 4.69) is 46.7 Å². The zero-order valence-electron chi connectivity index (χ0n) is 20.6. The Morgan fingerprint density at radius 1 is 1.08 bits per heavy atom. The molecule has 4 aromatic rings. The minimum Gasteiger partial charge on any atom is -0.450 e. The minimum atomic E-state index is -0.894. The zero-order chi connectivity index (χ0) is 25.5. The van der Waals surface area contributed by atoms with Crippen molar-refractivity contribution < 1.29 is 19.0 Å². The lowest BCUT2D eigenvalue weighted by Gasteiger charge is -2.29. The van der Waals surface area contributed by atoms with Crippen molar-refractivity contribution in [3.63, 3.8) is 0 Å². The van der Waals surface area contributed by atoms with E-state index in [1.807, 2.05) is 53.2 Å². The molecule has 7 nitrogen and oxygen atoms in total. The first-order valence-electron chi connectivity index (χ1n) is 12.2. The molecule has 0 unspecified atom stereocenters. The molecule has 1 fully saturated rings. The summed E-state index contributed by atoms with van der Waals surface area (Å²) < 4.78 is 19.9. The van der Waals surface area contributed by atoms with E-state index < -0.39 is 11.9 Å². The number of benzene rings is 3. The van der Waals surface area contributed by atoms with Crippen molar-refractivity contribution in [3.05, 3.63) is 103 Å². The van der Waals surface area contributed by atoms with Crippen LogP contribution in [0.25, 0.3) is 11.1 Å². The van der Waals surface area contributed by atoms with Crippen molar-refractivity contribution in [3.8, 4) is 11.1 Å². The first kappa shape index (κ1) is 25.1. The predicted octanol–water partition coefficient (Wildman–Crippen LogP) is 6.18. The number of nitrogens with one attached hydrogen (secondary N) is 1. The average Bonchev–Trinajstić information content (AvgIpc) is 3.60. The molecule has 37 heavy (non-hydrogen) atoms. The van der Waals surface area contributed by atoms with Crippen molar-refractivity contribution in [2.75, 3.05) is 24.3 Å². The molecule has 0 spiro atoms. The predicted molar refractivity (Wildman–Crippen MR) is 144 cm³/mol. The van der Waals surface area contributed by atoms with Crippen LogP contribution in [0.5, 0.6) is 0 Å². The largest absolute Gasteiger partial charge is 0.450 e. The van der Waals surface area contributed by atoms with Crippen molar-refractivity contribution >= 4 is 23.5 Å². The van der Waals surface area contributed by atoms with Crippen LogP contribution >= 0.6 is 11.8 Å². The van der Waals surface area contributed by atoms with E-state index in [1.165, 1.54) is 5.56 Å². The molecule has 3 aromatic carbocycles. The van der Waals surface area contributed by atoms with Gasteiger partial charge in [0.05, 0.1) is 32.2 Å². The topological polar surface area (TPSA) is 74.6 Å². The summed E-state index contributed by atoms with van der Waals surface area (Å²) in [5, 5.41) is 2.71. The number of anilines is 1. The third kappa shape index (κ3) is 6.22. The number of nitrogens with zero attached hydrogens (tertiary/aromatic N) is 2. The second-order valence-electron chi connectivity index (χ2n) is 8.66. The molecule has 1 N–H and O–H groups in total. The minimum absolute atomic E-state index is 0.0837. The van der Waals surface area contributed by atoms with Gasteiger partial charge in [0.2, 0.25) is 5.79 Å². The Kier molecular flexibility index (Phi) is 7.89. The Bertz CT molecular complexity index is 1280. The Labute approximate surface area is 220 Å². The van der Waals surface area contributed by atoms with Gasteiger partial charge in [-0.25, -0.2) is 9.78 Å². The first-order chi connectivity index (χ1) is 18.1. The molecule has 190 valence electrons. The van der Waals surface area contributed by atoms with Crippen LogP contribution in [0, 0.1) is 0 Å². The molecule has 1 amide bonds. The van der Waals surface area contributed by atoms with Crippen molar-refractivity contribution in [1.29, 1.82) is 0 Å². The van der Waals surface area contributed by atoms with Gasteiger partial charge in [-0.2, -0.15) is 0 Å². The second kappa shape index (κ2) is 11.6. The highest BCUT2D eigenvalue weighted by molar-refractivity contribution is 7.99. The fraction of sp³-hybridized carbons (Fsp3) is 0.241. The third-order valence-electron chi connectivity index (χ3n) is 6.05. The number of imidazole rings is 1. The molecule has 5 rings (SSSR count). The Morgan fingerprint density at radius 3 is 2.54 bits per heavy atom. The molecule has 0 radical (unpaired) electrons. The van der Waals surface area contributed by atoms with E-state index >= 15 is 0 Å². The third-order valence-corrected chi connectivity index (χ3v) is 7.20. The van der Waals surface area contributed by atoms with E-state index in [-0.39, 0.29) is 6.10 Å². The summed E-state index contributed by atoms with van der Waals surface area (Å²) in [6, 6.07) is 26.4. The normalized spacial score (nSPS) is 19.0. The molecular formula is C29H29N3O4S. The first-order valence-corrected chi connectivity index (χ1v) is 13.2. The number of amides is 1. The van der Waals surface area contributed by atoms with Gasteiger partial charge in [-0.05, 0) is 42.3 Å². The van der Waals surface area contributed by atoms with Crippen molar-refractivity contribution in [2.24, 2.45) is 0 Å². The van der Waals surface area contributed by atoms with E-state index in [0.717, 1.165) is 21.8 Å². The Balaban J connectivity index is 1.26. The average molecular weight is 516 g/mol. The van der Waals surface area contributed by atoms with Crippen LogP contribution in [0.2, 0.25) is 0 Å². The molecule has 2 atom stereocenters. The monoisotopic (exact) mass is 515 g/mol. The van der Waals surface area contributed by atoms with Gasteiger partial charge in [0.25, 0.3) is 0 Å². The van der Waals surface area contributed by atoms with Gasteiger partial charge >= 0.3 is 6.09 Å². The maximum Gasteiger partial charge on any atom is 0.411 e. The number of carbonyl (C=O) groups excluding carboxylic acids is 1. The zero-order valence-corrected chi connectivity index (χ0v) is 21.4. The Morgan fingerprint density at radius 2 is 1.84 bits per heavy atom. The molecule has 0 saturated carbocycles. The van der Waals surface area contributed by atoms with Gasteiger partial charge in [-0.1, -0.05) is 54.6 Å². The number of hydrogen-bond acceptors (Lipinski definition) is 6. The smallest absolute Gasteiger partial charge is 0.411 e. The lowest BCUT2D eigenvalue weighted by Crippen LogP contribution is -2.33. The standard InChI is InChI=1S/C29H29N3O4S/c1-2-34-28(33)31-25-12-14-27(15-13-25)37-19-26-18-35-29(36-26,20-32-17-16-30-21-32)24-10-8-23(9-11-24)22-6-4-3-5-7-22/h3-17,21,26H,2,18-20H2,1H3,(H,31,33)/t26-,29-/m0/s1. The quantitative estimate of drug-likeness (QED) is 0.268. The van der Waals surface area contributed by atoms with Gasteiger partial charge < -0.3 is 18.8 Å². The highest BCUT2D eigenvalue weighted by Gasteiger charge is 2.43. The summed E-state index contributed by atoms with van der Waals surface area (Å²) in [7, 11) is 0. The summed E-state index contributed by atoms with van der Waals surface area (Å²) >= 11 is 1.69. The molecule has 8 heteroatoms. The summed E-state index contributed by atoms with van der Waals surface area (Å²) in [6.07, 6.45) is 4.92. The fourth-order valence-electron chi connectivity index (χ4n) is 4.25. The molecule has 1 aliphatic heterocycles. The SMILES string of the molecule is CCOC(=O)Nc1ccc(SC[C@@H]2CO[C@](Cn3ccnc3)(c3ccc(-c4ccccc4)cc3)O2)cc1. The second-order valence-corrected chi connectivity index (χ2v) is 9.76. The highest BCUT2D eigenvalue weighted by atomic mass is 32.2. The van der Waals surface area contributed by atoms with Gasteiger partial charge in [-0.3, -0.25) is 5.32 Å². The van der Waals surface area contributed by atoms with Crippen LogP contribution in [0.3, 0.4) is 0 Å². The van der Waals surface area contributed by atoms with Crippen LogP contribution in [-0.4, -0.2) is 40.7 Å². The lowest BCUT2D eigenvalue weighted by atomic mass is 10.00. The number of carbonyl (C=O) groups is 1. The number of thioether (sulfide) groups is 1. The van der Waals surface area contributed by atoms with Crippen LogP contribution in [0.1, 0.15) is 12.5 Å². The fourth-order valence-corrected chi connectivity index (χ4v) is 5.12. The van der Waals surface area contributed by atoms with Gasteiger partial charge in [0.1, 0.15) is 0 Å². The van der Waals surface area contributed by atoms with E-state index in [1.54, 1.807) is 31.2 Å². The van der Waals surface area contributed by atoms with Gasteiger partial charge in [0, 0.05) is 34.3 Å². The number of aromatic nitrogens is 2. The van der Waals surface area contributed by atoms with Crippen molar-refractivity contribution in [2.45, 2.75) is 30.3 Å². The summed E-state index contributed by atoms with van der Waals surface area (Å²) in [6.45, 7) is 3.11. The molecule has 0 bridgehead atoms. The molecular weight excluding hydrogens is 486 g/mol. The van der Waals surface area contributed by atoms with Crippen LogP contribution in [-0.2, 0) is 26.5 Å². The number of rotatable bonds is 9. The van der Waals surface area contributed by atoms with Crippen LogP contribution in [0.4, 0.5) is 10.5 Å². The maximum atomic E-state index is 11.6. The van der Waals surface area contributed by atoms with Gasteiger partial charge in [0.15, 0.2) is 0 Å². The molecule has 1 aliphatic rings. The van der Waals surface area contributed by atoms with Crippen LogP contribution < -0.4 is 5.32 Å². The number of hydrogen-bond donors (Lipinski definition) is 1. The molecule has 1 saturated heterocycles.